The van der Waals surface area contributed by atoms with Crippen LogP contribution < -0.4 is 10.2 Å². The van der Waals surface area contributed by atoms with Gasteiger partial charge in [-0.25, -0.2) is 4.79 Å². The third-order valence-electron chi connectivity index (χ3n) is 10.4. The quantitative estimate of drug-likeness (QED) is 0.283. The summed E-state index contributed by atoms with van der Waals surface area (Å²) < 4.78 is 10.5. The zero-order chi connectivity index (χ0) is 33.9. The summed E-state index contributed by atoms with van der Waals surface area (Å²) in [5.74, 6) is -6.80. The largest absolute Gasteiger partial charge is 0.504 e. The van der Waals surface area contributed by atoms with Gasteiger partial charge < -0.3 is 14.6 Å². The molecule has 2 heterocycles. The molecular formula is C37H35N3O8. The van der Waals surface area contributed by atoms with Gasteiger partial charge in [-0.1, -0.05) is 71.8 Å². The second-order valence-corrected chi connectivity index (χ2v) is 12.7. The Morgan fingerprint density at radius 2 is 1.67 bits per heavy atom. The average molecular weight is 650 g/mol. The summed E-state index contributed by atoms with van der Waals surface area (Å²) in [6.07, 6.45) is 0.966. The molecule has 6 atom stereocenters. The van der Waals surface area contributed by atoms with Gasteiger partial charge in [-0.05, 0) is 56.4 Å². The Morgan fingerprint density at radius 3 is 2.35 bits per heavy atom. The van der Waals surface area contributed by atoms with Gasteiger partial charge in [0.05, 0.1) is 42.6 Å². The number of phenols is 1. The van der Waals surface area contributed by atoms with Gasteiger partial charge in [0.2, 0.25) is 11.8 Å². The molecule has 3 aromatic carbocycles. The van der Waals surface area contributed by atoms with Crippen molar-refractivity contribution in [3.63, 3.8) is 0 Å². The molecule has 11 nitrogen and oxygen atoms in total. The minimum Gasteiger partial charge on any atom is -0.504 e. The zero-order valence-corrected chi connectivity index (χ0v) is 26.7. The normalized spacial score (nSPS) is 27.6. The maximum Gasteiger partial charge on any atom is 0.423 e. The number of imide groups is 4. The number of likely N-dealkylation sites (tertiary alicyclic amines) is 1. The predicted molar refractivity (Wildman–Crippen MR) is 172 cm³/mol. The van der Waals surface area contributed by atoms with Gasteiger partial charge in [-0.2, -0.15) is 9.91 Å². The van der Waals surface area contributed by atoms with Crippen molar-refractivity contribution in [2.45, 2.75) is 38.0 Å². The number of nitrogens with zero attached hydrogens (tertiary/aromatic N) is 2. The fourth-order valence-electron chi connectivity index (χ4n) is 8.41. The van der Waals surface area contributed by atoms with Crippen LogP contribution in [0.1, 0.15) is 42.4 Å². The smallest absolute Gasteiger partial charge is 0.423 e. The van der Waals surface area contributed by atoms with Crippen LogP contribution in [0.2, 0.25) is 0 Å². The standard InChI is InChI=1S/C37H35N3O8/c1-4-48-28-12-8-11-25(31(28)41)30-23-17-18-24-29(34(44)39(32(24)42)36(46)47-3)26(23)19-27-33(43)40(38-22-15-13-20(2)14-16-22)35(45)37(27,30)21-9-6-5-7-10-21/h5-17,24,26-27,29-30,38,41H,4,18-19H2,1-3H3. The van der Waals surface area contributed by atoms with Crippen LogP contribution in [0.3, 0.4) is 0 Å². The molecule has 2 aliphatic heterocycles. The third-order valence-corrected chi connectivity index (χ3v) is 10.4. The summed E-state index contributed by atoms with van der Waals surface area (Å²) in [5.41, 5.74) is 4.59. The van der Waals surface area contributed by atoms with Crippen molar-refractivity contribution in [3.8, 4) is 11.5 Å². The Bertz CT molecular complexity index is 1870. The number of hydrogen-bond acceptors (Lipinski definition) is 9. The molecule has 2 aliphatic carbocycles. The predicted octanol–water partition coefficient (Wildman–Crippen LogP) is 4.85. The molecule has 1 saturated carbocycles. The first-order valence-electron chi connectivity index (χ1n) is 16.0. The number of ether oxygens (including phenoxy) is 2. The molecule has 0 aromatic heterocycles. The Kier molecular flexibility index (Phi) is 7.57. The van der Waals surface area contributed by atoms with Gasteiger partial charge in [0.1, 0.15) is 0 Å². The highest BCUT2D eigenvalue weighted by Crippen LogP contribution is 2.65. The Morgan fingerprint density at radius 1 is 0.938 bits per heavy atom. The molecule has 0 radical (unpaired) electrons. The Labute approximate surface area is 277 Å². The van der Waals surface area contributed by atoms with Gasteiger partial charge in [-0.15, -0.1) is 0 Å². The summed E-state index contributed by atoms with van der Waals surface area (Å²) in [5, 5.41) is 12.8. The first kappa shape index (κ1) is 31.2. The molecule has 0 spiro atoms. The summed E-state index contributed by atoms with van der Waals surface area (Å²) in [7, 11) is 1.10. The fraction of sp³-hybridized carbons (Fsp3) is 0.324. The first-order valence-corrected chi connectivity index (χ1v) is 16.0. The van der Waals surface area contributed by atoms with E-state index in [0.29, 0.717) is 27.3 Å². The van der Waals surface area contributed by atoms with Crippen molar-refractivity contribution < 1.29 is 38.6 Å². The number of aromatic hydroxyl groups is 1. The molecule has 7 rings (SSSR count). The van der Waals surface area contributed by atoms with Crippen LogP contribution in [0.4, 0.5) is 10.5 Å². The van der Waals surface area contributed by atoms with Gasteiger partial charge in [0, 0.05) is 11.5 Å². The molecule has 48 heavy (non-hydrogen) atoms. The summed E-state index contributed by atoms with van der Waals surface area (Å²) in [6, 6.07) is 21.4. The highest BCUT2D eigenvalue weighted by atomic mass is 16.5. The maximum atomic E-state index is 15.2. The molecule has 6 unspecified atom stereocenters. The lowest BCUT2D eigenvalue weighted by Crippen LogP contribution is -2.53. The van der Waals surface area contributed by atoms with Gasteiger partial charge in [-0.3, -0.25) is 24.6 Å². The summed E-state index contributed by atoms with van der Waals surface area (Å²) >= 11 is 0. The second kappa shape index (κ2) is 11.7. The van der Waals surface area contributed by atoms with Crippen molar-refractivity contribution in [3.05, 3.63) is 101 Å². The minimum atomic E-state index is -1.55. The molecule has 11 heteroatoms. The number of para-hydroxylation sites is 1. The van der Waals surface area contributed by atoms with Gasteiger partial charge in [0.15, 0.2) is 11.5 Å². The molecule has 3 fully saturated rings. The van der Waals surface area contributed by atoms with E-state index in [9.17, 15) is 24.3 Å². The van der Waals surface area contributed by atoms with Crippen LogP contribution in [-0.4, -0.2) is 58.5 Å². The lowest BCUT2D eigenvalue weighted by atomic mass is 9.49. The lowest BCUT2D eigenvalue weighted by molar-refractivity contribution is -0.140. The number of allylic oxidation sites excluding steroid dienone is 2. The number of nitrogens with one attached hydrogen (secondary N) is 1. The molecule has 5 amide bonds. The van der Waals surface area contributed by atoms with Crippen molar-refractivity contribution in [1.29, 1.82) is 0 Å². The highest BCUT2D eigenvalue weighted by Gasteiger charge is 2.71. The number of hydrogen-bond donors (Lipinski definition) is 2. The number of hydrazine groups is 1. The van der Waals surface area contributed by atoms with Crippen LogP contribution in [-0.2, 0) is 29.3 Å². The molecule has 2 N–H and O–H groups in total. The van der Waals surface area contributed by atoms with Crippen molar-refractivity contribution in [2.75, 3.05) is 19.1 Å². The van der Waals surface area contributed by atoms with Crippen molar-refractivity contribution in [1.82, 2.24) is 9.91 Å². The number of carbonyl (C=O) groups excluding carboxylic acids is 5. The van der Waals surface area contributed by atoms with Crippen molar-refractivity contribution in [2.24, 2.45) is 23.7 Å². The van der Waals surface area contributed by atoms with E-state index in [0.717, 1.165) is 17.7 Å². The van der Waals surface area contributed by atoms with Crippen LogP contribution >= 0.6 is 0 Å². The number of aryl methyl sites for hydroxylation is 1. The number of amides is 5. The van der Waals surface area contributed by atoms with E-state index in [1.807, 2.05) is 31.2 Å². The van der Waals surface area contributed by atoms with E-state index in [-0.39, 0.29) is 30.9 Å². The number of phenolic OH excluding ortho intramolecular Hbond substituents is 1. The van der Waals surface area contributed by atoms with Crippen LogP contribution in [0.25, 0.3) is 0 Å². The first-order chi connectivity index (χ1) is 23.1. The summed E-state index contributed by atoms with van der Waals surface area (Å²) in [4.78, 5) is 70.3. The number of fused-ring (bicyclic) bond motifs is 4. The maximum absolute atomic E-state index is 15.2. The summed E-state index contributed by atoms with van der Waals surface area (Å²) in [6.45, 7) is 3.99. The monoisotopic (exact) mass is 649 g/mol. The SMILES string of the molecule is CCOc1cccc(C2C3=CCC4C(=O)N(C(=O)OC)C(=O)C4C3CC3C(=O)N(Nc4ccc(C)cc4)C(=O)C32c2ccccc2)c1O. The second-order valence-electron chi connectivity index (χ2n) is 12.7. The zero-order valence-electron chi connectivity index (χ0n) is 26.7. The third kappa shape index (κ3) is 4.36. The number of rotatable bonds is 6. The fourth-order valence-corrected chi connectivity index (χ4v) is 8.41. The van der Waals surface area contributed by atoms with E-state index >= 15 is 4.79 Å². The molecule has 4 aliphatic rings. The van der Waals surface area contributed by atoms with E-state index in [1.54, 1.807) is 61.5 Å². The number of carbonyl (C=O) groups is 5. The molecular weight excluding hydrogens is 614 g/mol. The van der Waals surface area contributed by atoms with Crippen LogP contribution in [0.15, 0.2) is 84.4 Å². The average Bonchev–Trinajstić information content (AvgIpc) is 3.48. The van der Waals surface area contributed by atoms with E-state index in [2.05, 4.69) is 5.43 Å². The molecule has 0 bridgehead atoms. The van der Waals surface area contributed by atoms with Gasteiger partial charge in [0.25, 0.3) is 11.8 Å². The van der Waals surface area contributed by atoms with E-state index in [4.69, 9.17) is 9.47 Å². The van der Waals surface area contributed by atoms with Gasteiger partial charge >= 0.3 is 6.09 Å². The lowest BCUT2D eigenvalue weighted by Gasteiger charge is -2.50. The number of benzene rings is 3. The Balaban J connectivity index is 1.47. The highest BCUT2D eigenvalue weighted by molar-refractivity contribution is 6.16. The minimum absolute atomic E-state index is 0.0506. The van der Waals surface area contributed by atoms with Crippen molar-refractivity contribution >= 4 is 35.4 Å². The van der Waals surface area contributed by atoms with Crippen LogP contribution in [0, 0.1) is 30.6 Å². The Hall–Kier alpha value is -5.45. The van der Waals surface area contributed by atoms with E-state index in [1.165, 1.54) is 0 Å². The molecule has 2 saturated heterocycles. The van der Waals surface area contributed by atoms with Crippen LogP contribution in [0.5, 0.6) is 11.5 Å². The van der Waals surface area contributed by atoms with E-state index < -0.39 is 64.7 Å². The molecule has 246 valence electrons. The topological polar surface area (TPSA) is 143 Å². The molecule has 3 aromatic rings. The number of anilines is 1. The number of methoxy groups -OCH3 is 1.